The Hall–Kier alpha value is -3.51. The summed E-state index contributed by atoms with van der Waals surface area (Å²) in [5.41, 5.74) is 13.8. The lowest BCUT2D eigenvalue weighted by Crippen LogP contribution is -2.10. The molecule has 0 unspecified atom stereocenters. The van der Waals surface area contributed by atoms with E-state index in [0.29, 0.717) is 12.5 Å². The second-order valence-corrected chi connectivity index (χ2v) is 8.42. The molecule has 0 radical (unpaired) electrons. The van der Waals surface area contributed by atoms with Crippen LogP contribution in [0, 0.1) is 19.3 Å². The topological polar surface area (TPSA) is 48.1 Å². The summed E-state index contributed by atoms with van der Waals surface area (Å²) in [7, 11) is 0. The van der Waals surface area contributed by atoms with Crippen molar-refractivity contribution in [3.63, 3.8) is 0 Å². The number of ether oxygens (including phenoxy) is 1. The molecular formula is C29H30N2O. The van der Waals surface area contributed by atoms with Crippen LogP contribution in [0.15, 0.2) is 67.0 Å². The van der Waals surface area contributed by atoms with E-state index in [0.717, 1.165) is 53.0 Å². The molecule has 0 aliphatic heterocycles. The van der Waals surface area contributed by atoms with Gasteiger partial charge in [-0.3, -0.25) is 4.98 Å². The van der Waals surface area contributed by atoms with Crippen LogP contribution in [-0.2, 0) is 0 Å². The molecule has 162 valence electrons. The number of terminal acetylenes is 1. The van der Waals surface area contributed by atoms with Gasteiger partial charge in [-0.1, -0.05) is 18.2 Å². The number of nitrogen functional groups attached to an aromatic ring is 1. The Bertz CT molecular complexity index is 1120. The molecule has 32 heavy (non-hydrogen) atoms. The third-order valence-corrected chi connectivity index (χ3v) is 6.12. The Balaban J connectivity index is 1.83. The van der Waals surface area contributed by atoms with Crippen molar-refractivity contribution in [3.05, 3.63) is 89.2 Å². The number of aromatic nitrogens is 1. The van der Waals surface area contributed by atoms with Crippen molar-refractivity contribution in [3.8, 4) is 18.1 Å². The molecule has 0 amide bonds. The molecule has 3 nitrogen and oxygen atoms in total. The van der Waals surface area contributed by atoms with Gasteiger partial charge in [0.1, 0.15) is 5.75 Å². The van der Waals surface area contributed by atoms with E-state index in [1.807, 2.05) is 24.5 Å². The number of aryl methyl sites for hydroxylation is 1. The number of pyridine rings is 1. The molecular weight excluding hydrogens is 392 g/mol. The van der Waals surface area contributed by atoms with Gasteiger partial charge in [0.2, 0.25) is 0 Å². The standard InChI is InChI=1S/C29H30N2O/c1-3-4-9-28(22-16-18-31-19-17-22)29(27-15-12-24(30)20-21(27)2)23-10-13-26(14-11-23)32-25-7-5-6-8-25/h1,10-20,25H,4-9,30H2,2H3/b29-28+. The molecule has 0 spiro atoms. The summed E-state index contributed by atoms with van der Waals surface area (Å²) in [5, 5.41) is 0. The summed E-state index contributed by atoms with van der Waals surface area (Å²) in [5.74, 6) is 3.74. The van der Waals surface area contributed by atoms with Gasteiger partial charge in [0.25, 0.3) is 0 Å². The van der Waals surface area contributed by atoms with Gasteiger partial charge in [-0.25, -0.2) is 0 Å². The minimum absolute atomic E-state index is 0.346. The summed E-state index contributed by atoms with van der Waals surface area (Å²) in [6.45, 7) is 2.11. The number of nitrogens with two attached hydrogens (primary N) is 1. The fraction of sp³-hybridized carbons (Fsp3) is 0.276. The van der Waals surface area contributed by atoms with E-state index in [9.17, 15) is 0 Å². The Morgan fingerprint density at radius 2 is 1.75 bits per heavy atom. The molecule has 1 fully saturated rings. The second kappa shape index (κ2) is 10.2. The first kappa shape index (κ1) is 21.7. The maximum atomic E-state index is 6.20. The molecule has 2 N–H and O–H groups in total. The van der Waals surface area contributed by atoms with Crippen molar-refractivity contribution in [1.29, 1.82) is 0 Å². The Kier molecular flexibility index (Phi) is 6.92. The first-order chi connectivity index (χ1) is 15.7. The zero-order chi connectivity index (χ0) is 22.3. The van der Waals surface area contributed by atoms with Crippen molar-refractivity contribution in [1.82, 2.24) is 4.98 Å². The van der Waals surface area contributed by atoms with Crippen LogP contribution >= 0.6 is 0 Å². The highest BCUT2D eigenvalue weighted by molar-refractivity contribution is 5.99. The molecule has 3 aromatic rings. The maximum Gasteiger partial charge on any atom is 0.119 e. The Morgan fingerprint density at radius 3 is 2.41 bits per heavy atom. The van der Waals surface area contributed by atoms with Gasteiger partial charge in [0.05, 0.1) is 6.10 Å². The summed E-state index contributed by atoms with van der Waals surface area (Å²) < 4.78 is 6.20. The van der Waals surface area contributed by atoms with Crippen LogP contribution < -0.4 is 10.5 Å². The van der Waals surface area contributed by atoms with E-state index in [4.69, 9.17) is 16.9 Å². The average molecular weight is 423 g/mol. The van der Waals surface area contributed by atoms with Crippen LogP contribution in [0.25, 0.3) is 11.1 Å². The highest BCUT2D eigenvalue weighted by atomic mass is 16.5. The van der Waals surface area contributed by atoms with Crippen LogP contribution in [0.1, 0.15) is 60.8 Å². The number of rotatable bonds is 7. The number of benzene rings is 2. The molecule has 1 aliphatic carbocycles. The van der Waals surface area contributed by atoms with Gasteiger partial charge in [0, 0.05) is 24.5 Å². The fourth-order valence-electron chi connectivity index (χ4n) is 4.52. The maximum absolute atomic E-state index is 6.20. The molecule has 4 rings (SSSR count). The van der Waals surface area contributed by atoms with Crippen LogP contribution in [0.4, 0.5) is 5.69 Å². The highest BCUT2D eigenvalue weighted by Crippen LogP contribution is 2.37. The first-order valence-corrected chi connectivity index (χ1v) is 11.4. The van der Waals surface area contributed by atoms with E-state index in [-0.39, 0.29) is 0 Å². The summed E-state index contributed by atoms with van der Waals surface area (Å²) in [6.07, 6.45) is 15.9. The summed E-state index contributed by atoms with van der Waals surface area (Å²) in [4.78, 5) is 4.21. The normalized spacial score (nSPS) is 14.6. The molecule has 2 aromatic carbocycles. The third kappa shape index (κ3) is 5.03. The monoisotopic (exact) mass is 422 g/mol. The number of nitrogens with zero attached hydrogens (tertiary/aromatic N) is 1. The number of hydrogen-bond donors (Lipinski definition) is 1. The smallest absolute Gasteiger partial charge is 0.119 e. The van der Waals surface area contributed by atoms with Crippen molar-refractivity contribution < 1.29 is 4.74 Å². The fourth-order valence-corrected chi connectivity index (χ4v) is 4.52. The zero-order valence-corrected chi connectivity index (χ0v) is 18.7. The molecule has 0 saturated heterocycles. The van der Waals surface area contributed by atoms with E-state index in [1.165, 1.54) is 24.0 Å². The van der Waals surface area contributed by atoms with Crippen LogP contribution in [0.2, 0.25) is 0 Å². The zero-order valence-electron chi connectivity index (χ0n) is 18.7. The second-order valence-electron chi connectivity index (χ2n) is 8.42. The molecule has 0 atom stereocenters. The van der Waals surface area contributed by atoms with Crippen molar-refractivity contribution >= 4 is 16.8 Å². The molecule has 1 aliphatic rings. The van der Waals surface area contributed by atoms with Gasteiger partial charge in [-0.15, -0.1) is 12.3 Å². The molecule has 1 heterocycles. The molecule has 1 aromatic heterocycles. The Labute approximate surface area is 191 Å². The minimum Gasteiger partial charge on any atom is -0.490 e. The average Bonchev–Trinajstić information content (AvgIpc) is 3.32. The third-order valence-electron chi connectivity index (χ3n) is 6.12. The van der Waals surface area contributed by atoms with E-state index in [2.05, 4.69) is 60.3 Å². The Morgan fingerprint density at radius 1 is 1.03 bits per heavy atom. The van der Waals surface area contributed by atoms with Gasteiger partial charge in [0.15, 0.2) is 0 Å². The van der Waals surface area contributed by atoms with Crippen LogP contribution in [-0.4, -0.2) is 11.1 Å². The minimum atomic E-state index is 0.346. The molecule has 0 bridgehead atoms. The largest absolute Gasteiger partial charge is 0.490 e. The summed E-state index contributed by atoms with van der Waals surface area (Å²) >= 11 is 0. The number of allylic oxidation sites excluding steroid dienone is 1. The number of hydrogen-bond acceptors (Lipinski definition) is 3. The quantitative estimate of drug-likeness (QED) is 0.342. The van der Waals surface area contributed by atoms with Crippen LogP contribution in [0.5, 0.6) is 5.75 Å². The van der Waals surface area contributed by atoms with E-state index in [1.54, 1.807) is 0 Å². The van der Waals surface area contributed by atoms with E-state index < -0.39 is 0 Å². The molecule has 1 saturated carbocycles. The van der Waals surface area contributed by atoms with Crippen LogP contribution in [0.3, 0.4) is 0 Å². The van der Waals surface area contributed by atoms with Gasteiger partial charge in [-0.05, 0) is 109 Å². The number of anilines is 1. The SMILES string of the molecule is C#CCC/C(=C(/c1ccc(OC2CCCC2)cc1)c1ccc(N)cc1C)c1ccncc1. The van der Waals surface area contributed by atoms with Crippen molar-refractivity contribution in [2.45, 2.75) is 51.6 Å². The van der Waals surface area contributed by atoms with Gasteiger partial charge in [-0.2, -0.15) is 0 Å². The lowest BCUT2D eigenvalue weighted by atomic mass is 9.85. The highest BCUT2D eigenvalue weighted by Gasteiger charge is 2.18. The van der Waals surface area contributed by atoms with E-state index >= 15 is 0 Å². The predicted molar refractivity (Wildman–Crippen MR) is 133 cm³/mol. The first-order valence-electron chi connectivity index (χ1n) is 11.4. The van der Waals surface area contributed by atoms with Gasteiger partial charge < -0.3 is 10.5 Å². The lowest BCUT2D eigenvalue weighted by Gasteiger charge is -2.20. The van der Waals surface area contributed by atoms with Crippen molar-refractivity contribution in [2.75, 3.05) is 5.73 Å². The van der Waals surface area contributed by atoms with Crippen molar-refractivity contribution in [2.24, 2.45) is 0 Å². The predicted octanol–water partition coefficient (Wildman–Crippen LogP) is 6.67. The summed E-state index contributed by atoms with van der Waals surface area (Å²) in [6, 6.07) is 18.7. The lowest BCUT2D eigenvalue weighted by molar-refractivity contribution is 0.210. The van der Waals surface area contributed by atoms with Gasteiger partial charge >= 0.3 is 0 Å². The molecule has 3 heteroatoms.